The number of hydrogen-bond acceptors (Lipinski definition) is 3. The fourth-order valence-corrected chi connectivity index (χ4v) is 9.75. The number of nitrogens with zero attached hydrogens (tertiary/aromatic N) is 2. The minimum atomic E-state index is -0.520. The number of ether oxygens (including phenoxy) is 1. The zero-order valence-electron chi connectivity index (χ0n) is 33.7. The largest absolute Gasteiger partial charge is 0.456 e. The summed E-state index contributed by atoms with van der Waals surface area (Å²) in [6, 6.07) is 81.8. The van der Waals surface area contributed by atoms with E-state index in [-0.39, 0.29) is 0 Å². The van der Waals surface area contributed by atoms with E-state index in [2.05, 4.69) is 218 Å². The molecule has 9 aromatic carbocycles. The Balaban J connectivity index is 0.987. The third kappa shape index (κ3) is 5.74. The Morgan fingerprint density at radius 1 is 0.290 bits per heavy atom. The summed E-state index contributed by atoms with van der Waals surface area (Å²) in [5, 5.41) is 0. The van der Waals surface area contributed by atoms with Crippen LogP contribution >= 0.6 is 0 Å². The molecule has 0 amide bonds. The summed E-state index contributed by atoms with van der Waals surface area (Å²) in [7, 11) is 0. The van der Waals surface area contributed by atoms with Crippen LogP contribution in [0.5, 0.6) is 11.5 Å². The van der Waals surface area contributed by atoms with Gasteiger partial charge < -0.3 is 4.74 Å². The maximum absolute atomic E-state index is 6.98. The van der Waals surface area contributed by atoms with Gasteiger partial charge in [0.25, 0.3) is 0 Å². The first kappa shape index (κ1) is 35.8. The predicted octanol–water partition coefficient (Wildman–Crippen LogP) is 14.9. The van der Waals surface area contributed by atoms with E-state index < -0.39 is 5.41 Å². The highest BCUT2D eigenvalue weighted by Crippen LogP contribution is 2.63. The Labute approximate surface area is 361 Å². The van der Waals surface area contributed by atoms with Gasteiger partial charge >= 0.3 is 0 Å². The summed E-state index contributed by atoms with van der Waals surface area (Å²) in [5.41, 5.74) is 18.3. The normalized spacial score (nSPS) is 12.8. The molecule has 0 unspecified atom stereocenters. The van der Waals surface area contributed by atoms with Crippen LogP contribution in [-0.2, 0) is 5.41 Å². The van der Waals surface area contributed by atoms with Gasteiger partial charge in [-0.3, -0.25) is 0 Å². The zero-order chi connectivity index (χ0) is 41.0. The molecule has 62 heavy (non-hydrogen) atoms. The van der Waals surface area contributed by atoms with Crippen molar-refractivity contribution in [3.05, 3.63) is 253 Å². The Morgan fingerprint density at radius 2 is 0.726 bits per heavy atom. The van der Waals surface area contributed by atoms with Gasteiger partial charge in [-0.15, -0.1) is 0 Å². The molecule has 12 rings (SSSR count). The summed E-state index contributed by atoms with van der Waals surface area (Å²) in [5.74, 6) is 2.42. The third-order valence-corrected chi connectivity index (χ3v) is 12.6. The molecule has 2 aliphatic rings. The van der Waals surface area contributed by atoms with E-state index in [4.69, 9.17) is 14.7 Å². The molecular formula is C59H38N2O. The molecule has 1 spiro atoms. The van der Waals surface area contributed by atoms with Gasteiger partial charge in [-0.1, -0.05) is 206 Å². The van der Waals surface area contributed by atoms with E-state index in [0.717, 1.165) is 84.1 Å². The van der Waals surface area contributed by atoms with Gasteiger partial charge in [0.05, 0.1) is 16.8 Å². The van der Waals surface area contributed by atoms with E-state index in [0.29, 0.717) is 5.82 Å². The molecule has 3 heteroatoms. The van der Waals surface area contributed by atoms with Crippen LogP contribution < -0.4 is 4.74 Å². The smallest absolute Gasteiger partial charge is 0.160 e. The zero-order valence-corrected chi connectivity index (χ0v) is 33.7. The fraction of sp³-hybridized carbons (Fsp3) is 0.0169. The standard InChI is InChI=1S/C59H38N2O/c1-3-16-39(17-4-1)43-20-13-22-45(36-43)54-38-55(46-23-14-21-44(37-46)40-18-5-2-6-19-40)61-58(60-54)42-34-32-41(33-35-42)47-26-15-30-53-57(47)62-56-31-12-11-29-52(56)59(53)50-27-9-7-24-48(50)49-25-8-10-28-51(49)59/h1-38H. The number of para-hydroxylation sites is 2. The second kappa shape index (κ2) is 14.5. The van der Waals surface area contributed by atoms with Crippen molar-refractivity contribution in [3.63, 3.8) is 0 Å². The van der Waals surface area contributed by atoms with E-state index >= 15 is 0 Å². The maximum Gasteiger partial charge on any atom is 0.160 e. The van der Waals surface area contributed by atoms with Crippen LogP contribution in [0.1, 0.15) is 22.3 Å². The number of rotatable bonds is 6. The highest BCUT2D eigenvalue weighted by Gasteiger charge is 2.51. The molecule has 0 saturated carbocycles. The van der Waals surface area contributed by atoms with Crippen molar-refractivity contribution < 1.29 is 4.74 Å². The highest BCUT2D eigenvalue weighted by atomic mass is 16.5. The van der Waals surface area contributed by atoms with Crippen LogP contribution in [-0.4, -0.2) is 9.97 Å². The molecule has 10 aromatic rings. The van der Waals surface area contributed by atoms with Gasteiger partial charge in [0, 0.05) is 33.4 Å². The SMILES string of the molecule is c1ccc(-c2cccc(-c3cc(-c4cccc(-c5ccccc5)c4)nc(-c4ccc(-c5cccc6c5Oc5ccccc5C65c6ccccc6-c6ccccc65)cc4)n3)c2)cc1. The van der Waals surface area contributed by atoms with E-state index in [1.165, 1.54) is 22.3 Å². The predicted molar refractivity (Wildman–Crippen MR) is 252 cm³/mol. The molecule has 1 aromatic heterocycles. The Bertz CT molecular complexity index is 3170. The monoisotopic (exact) mass is 790 g/mol. The molecule has 0 radical (unpaired) electrons. The summed E-state index contributed by atoms with van der Waals surface area (Å²) in [6.07, 6.45) is 0. The molecule has 290 valence electrons. The lowest BCUT2D eigenvalue weighted by Crippen LogP contribution is -2.32. The first-order valence-corrected chi connectivity index (χ1v) is 21.1. The van der Waals surface area contributed by atoms with Crippen molar-refractivity contribution in [2.45, 2.75) is 5.41 Å². The average molecular weight is 791 g/mol. The Hall–Kier alpha value is -8.14. The summed E-state index contributed by atoms with van der Waals surface area (Å²) in [4.78, 5) is 10.5. The minimum Gasteiger partial charge on any atom is -0.456 e. The lowest BCUT2D eigenvalue weighted by Gasteiger charge is -2.40. The molecule has 0 bridgehead atoms. The van der Waals surface area contributed by atoms with E-state index in [1.54, 1.807) is 0 Å². The Morgan fingerprint density at radius 3 is 1.32 bits per heavy atom. The lowest BCUT2D eigenvalue weighted by atomic mass is 9.65. The van der Waals surface area contributed by atoms with Crippen LogP contribution in [0.25, 0.3) is 78.4 Å². The van der Waals surface area contributed by atoms with Crippen LogP contribution in [0, 0.1) is 0 Å². The minimum absolute atomic E-state index is 0.520. The molecule has 0 N–H and O–H groups in total. The van der Waals surface area contributed by atoms with E-state index in [9.17, 15) is 0 Å². The molecule has 1 aliphatic carbocycles. The maximum atomic E-state index is 6.98. The van der Waals surface area contributed by atoms with Crippen molar-refractivity contribution in [1.29, 1.82) is 0 Å². The van der Waals surface area contributed by atoms with Gasteiger partial charge in [-0.05, 0) is 74.3 Å². The number of hydrogen-bond donors (Lipinski definition) is 0. The van der Waals surface area contributed by atoms with Gasteiger partial charge in [0.1, 0.15) is 11.5 Å². The molecule has 0 atom stereocenters. The van der Waals surface area contributed by atoms with Crippen LogP contribution in [0.2, 0.25) is 0 Å². The molecule has 3 nitrogen and oxygen atoms in total. The summed E-state index contributed by atoms with van der Waals surface area (Å²) >= 11 is 0. The van der Waals surface area contributed by atoms with Crippen molar-refractivity contribution in [3.8, 4) is 89.9 Å². The lowest BCUT2D eigenvalue weighted by molar-refractivity contribution is 0.438. The molecule has 1 aliphatic heterocycles. The molecular weight excluding hydrogens is 753 g/mol. The van der Waals surface area contributed by atoms with Gasteiger partial charge in [0.2, 0.25) is 0 Å². The summed E-state index contributed by atoms with van der Waals surface area (Å²) < 4.78 is 6.98. The van der Waals surface area contributed by atoms with Crippen LogP contribution in [0.15, 0.2) is 231 Å². The van der Waals surface area contributed by atoms with Crippen molar-refractivity contribution in [1.82, 2.24) is 9.97 Å². The Kier molecular flexibility index (Phi) is 8.39. The fourth-order valence-electron chi connectivity index (χ4n) is 9.75. The number of fused-ring (bicyclic) bond motifs is 9. The highest BCUT2D eigenvalue weighted by molar-refractivity contribution is 5.90. The molecule has 0 fully saturated rings. The second-order valence-electron chi connectivity index (χ2n) is 16.1. The first-order chi connectivity index (χ1) is 30.7. The molecule has 2 heterocycles. The average Bonchev–Trinajstić information content (AvgIpc) is 3.65. The van der Waals surface area contributed by atoms with Crippen LogP contribution in [0.4, 0.5) is 0 Å². The van der Waals surface area contributed by atoms with Gasteiger partial charge in [0.15, 0.2) is 5.82 Å². The van der Waals surface area contributed by atoms with Crippen molar-refractivity contribution in [2.75, 3.05) is 0 Å². The van der Waals surface area contributed by atoms with Crippen LogP contribution in [0.3, 0.4) is 0 Å². The molecule has 0 saturated heterocycles. The van der Waals surface area contributed by atoms with Gasteiger partial charge in [-0.25, -0.2) is 9.97 Å². The number of aromatic nitrogens is 2. The topological polar surface area (TPSA) is 35.0 Å². The quantitative estimate of drug-likeness (QED) is 0.168. The van der Waals surface area contributed by atoms with Crippen molar-refractivity contribution in [2.24, 2.45) is 0 Å². The first-order valence-electron chi connectivity index (χ1n) is 21.1. The number of benzene rings is 9. The van der Waals surface area contributed by atoms with E-state index in [1.807, 2.05) is 12.1 Å². The summed E-state index contributed by atoms with van der Waals surface area (Å²) in [6.45, 7) is 0. The van der Waals surface area contributed by atoms with Gasteiger partial charge in [-0.2, -0.15) is 0 Å². The third-order valence-electron chi connectivity index (χ3n) is 12.6. The second-order valence-corrected chi connectivity index (χ2v) is 16.1. The van der Waals surface area contributed by atoms with Crippen molar-refractivity contribution >= 4 is 0 Å².